The minimum atomic E-state index is -4.03. The molecule has 0 saturated carbocycles. The predicted octanol–water partition coefficient (Wildman–Crippen LogP) is 3.93. The molecule has 1 aliphatic heterocycles. The molecule has 152 valence electrons. The lowest BCUT2D eigenvalue weighted by Crippen LogP contribution is -2.41. The van der Waals surface area contributed by atoms with Crippen LogP contribution in [0.2, 0.25) is 0 Å². The highest BCUT2D eigenvalue weighted by atomic mass is 32.2. The van der Waals surface area contributed by atoms with E-state index in [4.69, 9.17) is 0 Å². The van der Waals surface area contributed by atoms with Crippen molar-refractivity contribution < 1.29 is 13.2 Å². The highest BCUT2D eigenvalue weighted by Gasteiger charge is 2.40. The van der Waals surface area contributed by atoms with Gasteiger partial charge >= 0.3 is 0 Å². The van der Waals surface area contributed by atoms with Crippen LogP contribution in [0, 0.1) is 0 Å². The molecular formula is C24H22N2O3S. The summed E-state index contributed by atoms with van der Waals surface area (Å²) in [7, 11) is -4.03. The SMILES string of the molecule is CCN1c2ccccc2C(c2ccccc2)=C(C(=O)NCc2ccccc2)S1(=O)=O. The summed E-state index contributed by atoms with van der Waals surface area (Å²) in [5.41, 5.74) is 3.33. The van der Waals surface area contributed by atoms with Gasteiger partial charge < -0.3 is 5.32 Å². The number of carbonyl (C=O) groups excluding carboxylic acids is 1. The van der Waals surface area contributed by atoms with Crippen molar-refractivity contribution in [2.24, 2.45) is 0 Å². The maximum atomic E-state index is 13.6. The molecule has 30 heavy (non-hydrogen) atoms. The number of anilines is 1. The Hall–Kier alpha value is -3.38. The van der Waals surface area contributed by atoms with Gasteiger partial charge in [0.1, 0.15) is 0 Å². The normalized spacial score (nSPS) is 14.9. The third-order valence-corrected chi connectivity index (χ3v) is 7.01. The summed E-state index contributed by atoms with van der Waals surface area (Å²) in [4.78, 5) is 13.0. The molecule has 1 amide bonds. The van der Waals surface area contributed by atoms with Crippen LogP contribution in [0.1, 0.15) is 23.6 Å². The van der Waals surface area contributed by atoms with Gasteiger partial charge in [0.05, 0.1) is 5.69 Å². The second kappa shape index (κ2) is 8.16. The highest BCUT2D eigenvalue weighted by Crippen LogP contribution is 2.42. The van der Waals surface area contributed by atoms with Crippen LogP contribution < -0.4 is 9.62 Å². The Morgan fingerprint density at radius 2 is 1.47 bits per heavy atom. The van der Waals surface area contributed by atoms with Crippen molar-refractivity contribution in [1.29, 1.82) is 0 Å². The van der Waals surface area contributed by atoms with Gasteiger partial charge in [0, 0.05) is 24.2 Å². The third kappa shape index (κ3) is 3.50. The number of hydrogen-bond acceptors (Lipinski definition) is 3. The fourth-order valence-electron chi connectivity index (χ4n) is 3.71. The minimum absolute atomic E-state index is 0.217. The molecule has 1 heterocycles. The van der Waals surface area contributed by atoms with Gasteiger partial charge in [-0.2, -0.15) is 0 Å². The molecule has 5 nitrogen and oxygen atoms in total. The lowest BCUT2D eigenvalue weighted by Gasteiger charge is -2.32. The molecule has 0 bridgehead atoms. The van der Waals surface area contributed by atoms with E-state index in [1.807, 2.05) is 72.8 Å². The Bertz CT molecular complexity index is 1200. The van der Waals surface area contributed by atoms with Crippen molar-refractivity contribution in [1.82, 2.24) is 5.32 Å². The van der Waals surface area contributed by atoms with E-state index in [-0.39, 0.29) is 18.0 Å². The molecule has 0 radical (unpaired) electrons. The molecule has 6 heteroatoms. The van der Waals surface area contributed by atoms with E-state index < -0.39 is 15.9 Å². The summed E-state index contributed by atoms with van der Waals surface area (Å²) in [5.74, 6) is -0.606. The number of nitrogens with one attached hydrogen (secondary N) is 1. The topological polar surface area (TPSA) is 66.5 Å². The van der Waals surface area contributed by atoms with Crippen molar-refractivity contribution in [2.75, 3.05) is 10.8 Å². The van der Waals surface area contributed by atoms with Crippen LogP contribution in [-0.4, -0.2) is 20.9 Å². The average Bonchev–Trinajstić information content (AvgIpc) is 2.77. The van der Waals surface area contributed by atoms with E-state index in [2.05, 4.69) is 5.32 Å². The first-order chi connectivity index (χ1) is 14.5. The molecule has 1 aliphatic rings. The van der Waals surface area contributed by atoms with E-state index in [0.29, 0.717) is 16.8 Å². The molecule has 0 aliphatic carbocycles. The number of hydrogen-bond donors (Lipinski definition) is 1. The van der Waals surface area contributed by atoms with Crippen molar-refractivity contribution in [2.45, 2.75) is 13.5 Å². The second-order valence-electron chi connectivity index (χ2n) is 6.93. The first-order valence-corrected chi connectivity index (χ1v) is 11.2. The van der Waals surface area contributed by atoms with E-state index in [1.165, 1.54) is 4.31 Å². The molecule has 3 aromatic rings. The summed E-state index contributed by atoms with van der Waals surface area (Å²) in [5, 5.41) is 2.80. The summed E-state index contributed by atoms with van der Waals surface area (Å²) < 4.78 is 28.4. The van der Waals surface area contributed by atoms with E-state index in [1.54, 1.807) is 19.1 Å². The Balaban J connectivity index is 1.89. The minimum Gasteiger partial charge on any atom is -0.347 e. The van der Waals surface area contributed by atoms with Crippen LogP contribution in [0.4, 0.5) is 5.69 Å². The lowest BCUT2D eigenvalue weighted by atomic mass is 9.95. The van der Waals surface area contributed by atoms with Gasteiger partial charge in [0.25, 0.3) is 15.9 Å². The standard InChI is InChI=1S/C24H22N2O3S/c1-2-26-21-16-10-9-15-20(21)22(19-13-7-4-8-14-19)23(30(26,28)29)24(27)25-17-18-11-5-3-6-12-18/h3-16H,2,17H2,1H3,(H,25,27). The Labute approximate surface area is 176 Å². The van der Waals surface area contributed by atoms with E-state index in [9.17, 15) is 13.2 Å². The third-order valence-electron chi connectivity index (χ3n) is 5.07. The maximum Gasteiger partial charge on any atom is 0.270 e. The molecule has 0 spiro atoms. The van der Waals surface area contributed by atoms with Crippen molar-refractivity contribution in [3.63, 3.8) is 0 Å². The maximum absolute atomic E-state index is 13.6. The van der Waals surface area contributed by atoms with Gasteiger partial charge in [-0.15, -0.1) is 0 Å². The zero-order chi connectivity index (χ0) is 21.1. The first-order valence-electron chi connectivity index (χ1n) is 9.78. The van der Waals surface area contributed by atoms with Gasteiger partial charge in [-0.3, -0.25) is 9.10 Å². The van der Waals surface area contributed by atoms with Crippen molar-refractivity contribution >= 4 is 27.2 Å². The molecule has 3 aromatic carbocycles. The summed E-state index contributed by atoms with van der Waals surface area (Å²) in [6.45, 7) is 2.24. The van der Waals surface area contributed by atoms with Crippen molar-refractivity contribution in [3.8, 4) is 0 Å². The number of nitrogens with zero attached hydrogens (tertiary/aromatic N) is 1. The van der Waals surface area contributed by atoms with Crippen LogP contribution in [0.5, 0.6) is 0 Å². The summed E-state index contributed by atoms with van der Waals surface area (Å²) >= 11 is 0. The molecule has 0 unspecified atom stereocenters. The quantitative estimate of drug-likeness (QED) is 0.683. The largest absolute Gasteiger partial charge is 0.347 e. The first kappa shape index (κ1) is 19.9. The molecule has 4 rings (SSSR count). The van der Waals surface area contributed by atoms with Gasteiger partial charge in [-0.05, 0) is 24.1 Å². The van der Waals surface area contributed by atoms with Gasteiger partial charge in [-0.25, -0.2) is 8.42 Å². The predicted molar refractivity (Wildman–Crippen MR) is 119 cm³/mol. The van der Waals surface area contributed by atoms with Crippen LogP contribution in [0.3, 0.4) is 0 Å². The number of amides is 1. The average molecular weight is 419 g/mol. The molecular weight excluding hydrogens is 396 g/mol. The zero-order valence-electron chi connectivity index (χ0n) is 16.6. The Kier molecular flexibility index (Phi) is 5.42. The van der Waals surface area contributed by atoms with Crippen molar-refractivity contribution in [3.05, 3.63) is 107 Å². The Morgan fingerprint density at radius 1 is 0.867 bits per heavy atom. The smallest absolute Gasteiger partial charge is 0.270 e. The molecule has 0 atom stereocenters. The van der Waals surface area contributed by atoms with Crippen LogP contribution in [-0.2, 0) is 21.4 Å². The monoisotopic (exact) mass is 418 g/mol. The van der Waals surface area contributed by atoms with E-state index in [0.717, 1.165) is 11.1 Å². The number of fused-ring (bicyclic) bond motifs is 1. The lowest BCUT2D eigenvalue weighted by molar-refractivity contribution is -0.116. The molecule has 0 saturated heterocycles. The number of benzene rings is 3. The Morgan fingerprint density at radius 3 is 2.13 bits per heavy atom. The van der Waals surface area contributed by atoms with Crippen LogP contribution >= 0.6 is 0 Å². The summed E-state index contributed by atoms with van der Waals surface area (Å²) in [6.07, 6.45) is 0. The second-order valence-corrected chi connectivity index (χ2v) is 8.72. The fourth-order valence-corrected chi connectivity index (χ4v) is 5.49. The summed E-state index contributed by atoms with van der Waals surface area (Å²) in [6, 6.07) is 25.9. The number of para-hydroxylation sites is 1. The molecule has 1 N–H and O–H groups in total. The van der Waals surface area contributed by atoms with Crippen LogP contribution in [0.15, 0.2) is 89.8 Å². The van der Waals surface area contributed by atoms with Gasteiger partial charge in [0.15, 0.2) is 4.91 Å². The van der Waals surface area contributed by atoms with Gasteiger partial charge in [0.2, 0.25) is 0 Å². The number of carbonyl (C=O) groups is 1. The highest BCUT2D eigenvalue weighted by molar-refractivity contribution is 7.97. The van der Waals surface area contributed by atoms with Crippen LogP contribution in [0.25, 0.3) is 5.57 Å². The zero-order valence-corrected chi connectivity index (χ0v) is 17.4. The molecule has 0 aromatic heterocycles. The fraction of sp³-hybridized carbons (Fsp3) is 0.125. The van der Waals surface area contributed by atoms with E-state index >= 15 is 0 Å². The number of rotatable bonds is 5. The molecule has 0 fully saturated rings. The number of sulfonamides is 1. The van der Waals surface area contributed by atoms with Gasteiger partial charge in [-0.1, -0.05) is 78.9 Å².